The van der Waals surface area contributed by atoms with E-state index in [2.05, 4.69) is 10.6 Å². The summed E-state index contributed by atoms with van der Waals surface area (Å²) in [5.41, 5.74) is -0.497. The minimum absolute atomic E-state index is 0.248. The molecule has 41 heavy (non-hydrogen) atoms. The molecule has 0 saturated carbocycles. The molecule has 2 aliphatic carbocycles. The van der Waals surface area contributed by atoms with Crippen LogP contribution in [0.4, 0.5) is 28.9 Å². The fourth-order valence-electron chi connectivity index (χ4n) is 5.29. The van der Waals surface area contributed by atoms with E-state index in [9.17, 15) is 9.59 Å². The molecule has 2 N–H and O–H groups in total. The zero-order valence-electron chi connectivity index (χ0n) is 23.6. The fraction of sp³-hybridized carbons (Fsp3) is 0.312. The van der Waals surface area contributed by atoms with E-state index in [-0.39, 0.29) is 24.2 Å². The molecule has 216 valence electrons. The first kappa shape index (κ1) is 30.7. The maximum absolute atomic E-state index is 16.7. The van der Waals surface area contributed by atoms with Crippen LogP contribution in [0.25, 0.3) is 0 Å². The van der Waals surface area contributed by atoms with Gasteiger partial charge in [0.15, 0.2) is 0 Å². The average molecular weight is 602 g/mol. The van der Waals surface area contributed by atoms with Gasteiger partial charge in [-0.1, -0.05) is 0 Å². The monoisotopic (exact) mass is 602 g/mol. The molecular formula is C32H34F4N2O2Ti. The molecule has 2 aromatic rings. The van der Waals surface area contributed by atoms with E-state index >= 15 is 17.6 Å². The van der Waals surface area contributed by atoms with Crippen molar-refractivity contribution in [2.45, 2.75) is 53.4 Å². The van der Waals surface area contributed by atoms with Crippen LogP contribution in [0.5, 0.6) is 0 Å². The Labute approximate surface area is 241 Å². The molecule has 0 bridgehead atoms. The second kappa shape index (κ2) is 12.7. The Bertz CT molecular complexity index is 1380. The first-order chi connectivity index (χ1) is 19.6. The summed E-state index contributed by atoms with van der Waals surface area (Å²) in [7, 11) is 0. The number of hydrogen-bond acceptors (Lipinski definition) is 2. The third-order valence-electron chi connectivity index (χ3n) is 8.07. The number of benzene rings is 2. The molecule has 9 heteroatoms. The summed E-state index contributed by atoms with van der Waals surface area (Å²) in [4.78, 5) is 25.4. The van der Waals surface area contributed by atoms with Crippen molar-refractivity contribution in [1.29, 1.82) is 0 Å². The summed E-state index contributed by atoms with van der Waals surface area (Å²) < 4.78 is 65.7. The number of carbonyl (C=O) groups is 2. The number of halogens is 4. The summed E-state index contributed by atoms with van der Waals surface area (Å²) >= 11 is -5.08. The zero-order chi connectivity index (χ0) is 29.9. The normalized spacial score (nSPS) is 15.9. The molecule has 0 saturated heterocycles. The van der Waals surface area contributed by atoms with Crippen molar-refractivity contribution >= 4 is 30.9 Å². The SMILES string of the molecule is CCC(C)C(=O)Nc1ccc(F)[c]([Ti]([C]2=CC=CC2)([C]2=CC=CC2)[c]2c(F)ccc(NC(=O)C(C)CC)c2F)c1F. The number of rotatable bonds is 10. The van der Waals surface area contributed by atoms with Gasteiger partial charge in [0.25, 0.3) is 0 Å². The molecule has 4 nitrogen and oxygen atoms in total. The second-order valence-corrected chi connectivity index (χ2v) is 16.5. The summed E-state index contributed by atoms with van der Waals surface area (Å²) in [6.07, 6.45) is 11.9. The maximum atomic E-state index is 16.7. The van der Waals surface area contributed by atoms with Gasteiger partial charge in [-0.2, -0.15) is 0 Å². The molecule has 2 aliphatic rings. The number of carbonyl (C=O) groups excluding carboxylic acids is 2. The van der Waals surface area contributed by atoms with Crippen LogP contribution in [0, 0.1) is 35.1 Å². The minimum atomic E-state index is -5.08. The topological polar surface area (TPSA) is 58.2 Å². The molecule has 0 radical (unpaired) electrons. The molecule has 2 unspecified atom stereocenters. The van der Waals surface area contributed by atoms with E-state index in [1.165, 1.54) is 0 Å². The van der Waals surface area contributed by atoms with Gasteiger partial charge < -0.3 is 0 Å². The third-order valence-corrected chi connectivity index (χ3v) is 16.0. The predicted molar refractivity (Wildman–Crippen MR) is 152 cm³/mol. The van der Waals surface area contributed by atoms with Gasteiger partial charge >= 0.3 is 242 Å². The Kier molecular flexibility index (Phi) is 9.55. The molecule has 0 aromatic heterocycles. The van der Waals surface area contributed by atoms with E-state index in [0.717, 1.165) is 24.3 Å². The van der Waals surface area contributed by atoms with Crippen LogP contribution in [-0.4, -0.2) is 11.8 Å². The van der Waals surface area contributed by atoms with Crippen molar-refractivity contribution in [2.75, 3.05) is 10.6 Å². The molecular weight excluding hydrogens is 568 g/mol. The Hall–Kier alpha value is -3.23. The van der Waals surface area contributed by atoms with E-state index in [1.807, 2.05) is 13.8 Å². The van der Waals surface area contributed by atoms with Crippen LogP contribution in [0.2, 0.25) is 0 Å². The summed E-state index contributed by atoms with van der Waals surface area (Å²) in [5, 5.41) is 5.11. The van der Waals surface area contributed by atoms with Crippen LogP contribution >= 0.6 is 0 Å². The number of anilines is 2. The molecule has 2 aromatic carbocycles. The number of amides is 2. The van der Waals surface area contributed by atoms with Crippen LogP contribution < -0.4 is 18.4 Å². The average Bonchev–Trinajstić information content (AvgIpc) is 3.70. The summed E-state index contributed by atoms with van der Waals surface area (Å²) in [6.45, 7) is 7.00. The summed E-state index contributed by atoms with van der Waals surface area (Å²) in [5.74, 6) is -5.74. The van der Waals surface area contributed by atoms with E-state index in [1.54, 1.807) is 50.3 Å². The molecule has 0 fully saturated rings. The second-order valence-electron chi connectivity index (χ2n) is 10.6. The van der Waals surface area contributed by atoms with Gasteiger partial charge in [0.1, 0.15) is 0 Å². The molecule has 0 heterocycles. The molecule has 2 atom stereocenters. The third kappa shape index (κ3) is 5.64. The Morgan fingerprint density at radius 1 is 0.732 bits per heavy atom. The number of nitrogens with one attached hydrogen (secondary N) is 2. The molecule has 0 aliphatic heterocycles. The van der Waals surface area contributed by atoms with Gasteiger partial charge in [-0.15, -0.1) is 0 Å². The van der Waals surface area contributed by atoms with Crippen molar-refractivity contribution < 1.29 is 43.7 Å². The zero-order valence-corrected chi connectivity index (χ0v) is 25.1. The quantitative estimate of drug-likeness (QED) is 0.227. The van der Waals surface area contributed by atoms with E-state index in [4.69, 9.17) is 0 Å². The molecule has 0 spiro atoms. The summed E-state index contributed by atoms with van der Waals surface area (Å²) in [6, 6.07) is 4.36. The van der Waals surface area contributed by atoms with Crippen LogP contribution in [-0.2, 0) is 26.2 Å². The first-order valence-corrected chi connectivity index (χ1v) is 17.0. The van der Waals surface area contributed by atoms with Crippen molar-refractivity contribution in [2.24, 2.45) is 11.8 Å². The first-order valence-electron chi connectivity index (χ1n) is 13.9. The number of allylic oxidation sites excluding steroid dienone is 8. The van der Waals surface area contributed by atoms with Crippen LogP contribution in [0.3, 0.4) is 0 Å². The van der Waals surface area contributed by atoms with Crippen LogP contribution in [0.1, 0.15) is 53.4 Å². The van der Waals surface area contributed by atoms with Crippen molar-refractivity contribution in [1.82, 2.24) is 0 Å². The Morgan fingerprint density at radius 3 is 1.44 bits per heavy atom. The Balaban J connectivity index is 2.06. The van der Waals surface area contributed by atoms with Gasteiger partial charge in [-0.3, -0.25) is 0 Å². The van der Waals surface area contributed by atoms with E-state index in [0.29, 0.717) is 20.6 Å². The van der Waals surface area contributed by atoms with Gasteiger partial charge in [0.2, 0.25) is 0 Å². The van der Waals surface area contributed by atoms with Crippen molar-refractivity contribution in [3.05, 3.63) is 91.7 Å². The molecule has 4 rings (SSSR count). The van der Waals surface area contributed by atoms with Gasteiger partial charge in [0, 0.05) is 0 Å². The standard InChI is InChI=1S/2C11H12F2NO.2C5H5.Ti/c2*1-3-7(2)11(15)14-10-5-4-8(12)6-9(10)13;2*1-2-4-5-3-1;/h2*4-5,7H,3H2,1-2H3,(H,14,15);2*1-3H,4H2;. The predicted octanol–water partition coefficient (Wildman–Crippen LogP) is 7.00. The van der Waals surface area contributed by atoms with Gasteiger partial charge in [-0.25, -0.2) is 0 Å². The van der Waals surface area contributed by atoms with Gasteiger partial charge in [-0.05, 0) is 0 Å². The fourth-order valence-corrected chi connectivity index (χ4v) is 13.6. The Morgan fingerprint density at radius 2 is 1.12 bits per heavy atom. The van der Waals surface area contributed by atoms with E-state index < -0.39 is 71.2 Å². The van der Waals surface area contributed by atoms with Gasteiger partial charge in [0.05, 0.1) is 0 Å². The van der Waals surface area contributed by atoms with Crippen LogP contribution in [0.15, 0.2) is 68.5 Å². The van der Waals surface area contributed by atoms with Crippen molar-refractivity contribution in [3.63, 3.8) is 0 Å². The van der Waals surface area contributed by atoms with Crippen molar-refractivity contribution in [3.8, 4) is 0 Å². The number of hydrogen-bond donors (Lipinski definition) is 2. The molecule has 2 amide bonds.